The van der Waals surface area contributed by atoms with Gasteiger partial charge in [0.15, 0.2) is 0 Å². The quantitative estimate of drug-likeness (QED) is 0.781. The monoisotopic (exact) mass is 343 g/mol. The maximum absolute atomic E-state index is 13.2. The first kappa shape index (κ1) is 17.4. The molecule has 25 heavy (non-hydrogen) atoms. The number of aromatic nitrogens is 1. The SMILES string of the molecule is O=C(NC(c1ccncc1)c1ccc(F)cc1)NC1(CO)CCCC1. The number of benzene rings is 1. The van der Waals surface area contributed by atoms with Crippen LogP contribution in [-0.4, -0.2) is 28.3 Å². The molecule has 0 aliphatic heterocycles. The van der Waals surface area contributed by atoms with Crippen LogP contribution in [0.1, 0.15) is 42.9 Å². The molecule has 2 amide bonds. The lowest BCUT2D eigenvalue weighted by atomic mass is 9.98. The van der Waals surface area contributed by atoms with Crippen molar-refractivity contribution in [3.63, 3.8) is 0 Å². The van der Waals surface area contributed by atoms with Crippen LogP contribution in [0.4, 0.5) is 9.18 Å². The first-order chi connectivity index (χ1) is 12.1. The third-order valence-corrected chi connectivity index (χ3v) is 4.76. The van der Waals surface area contributed by atoms with Crippen LogP contribution in [0.15, 0.2) is 48.8 Å². The maximum atomic E-state index is 13.2. The number of nitrogens with one attached hydrogen (secondary N) is 2. The Labute approximate surface area is 146 Å². The summed E-state index contributed by atoms with van der Waals surface area (Å²) in [7, 11) is 0. The van der Waals surface area contributed by atoms with Crippen molar-refractivity contribution in [2.75, 3.05) is 6.61 Å². The van der Waals surface area contributed by atoms with E-state index in [4.69, 9.17) is 0 Å². The highest BCUT2D eigenvalue weighted by Gasteiger charge is 2.35. The summed E-state index contributed by atoms with van der Waals surface area (Å²) in [6.45, 7) is -0.0725. The van der Waals surface area contributed by atoms with Crippen LogP contribution in [0.25, 0.3) is 0 Å². The van der Waals surface area contributed by atoms with Gasteiger partial charge in [-0.15, -0.1) is 0 Å². The predicted molar refractivity (Wildman–Crippen MR) is 92.4 cm³/mol. The van der Waals surface area contributed by atoms with E-state index in [1.807, 2.05) is 12.1 Å². The van der Waals surface area contributed by atoms with Crippen LogP contribution in [-0.2, 0) is 0 Å². The smallest absolute Gasteiger partial charge is 0.316 e. The van der Waals surface area contributed by atoms with Crippen molar-refractivity contribution in [3.05, 3.63) is 65.7 Å². The molecule has 1 aromatic heterocycles. The van der Waals surface area contributed by atoms with Crippen molar-refractivity contribution in [1.29, 1.82) is 0 Å². The minimum atomic E-state index is -0.546. The number of aliphatic hydroxyl groups is 1. The lowest BCUT2D eigenvalue weighted by Gasteiger charge is -2.29. The summed E-state index contributed by atoms with van der Waals surface area (Å²) in [4.78, 5) is 16.6. The fourth-order valence-electron chi connectivity index (χ4n) is 3.35. The molecular weight excluding hydrogens is 321 g/mol. The lowest BCUT2D eigenvalue weighted by molar-refractivity contribution is 0.162. The molecular formula is C19H22FN3O2. The Morgan fingerprint density at radius 3 is 2.32 bits per heavy atom. The van der Waals surface area contributed by atoms with Gasteiger partial charge in [-0.05, 0) is 48.2 Å². The molecule has 5 nitrogen and oxygen atoms in total. The third-order valence-electron chi connectivity index (χ3n) is 4.76. The Morgan fingerprint density at radius 1 is 1.12 bits per heavy atom. The molecule has 0 radical (unpaired) electrons. The lowest BCUT2D eigenvalue weighted by Crippen LogP contribution is -2.53. The Bertz CT molecular complexity index is 700. The average molecular weight is 343 g/mol. The molecule has 0 bridgehead atoms. The van der Waals surface area contributed by atoms with Gasteiger partial charge in [-0.2, -0.15) is 0 Å². The standard InChI is InChI=1S/C19H22FN3O2/c20-16-5-3-14(4-6-16)17(15-7-11-21-12-8-15)22-18(25)23-19(13-24)9-1-2-10-19/h3-8,11-12,17,24H,1-2,9-10,13H2,(H2,22,23,25). The van der Waals surface area contributed by atoms with Gasteiger partial charge in [0.1, 0.15) is 5.82 Å². The number of hydrogen-bond donors (Lipinski definition) is 3. The van der Waals surface area contributed by atoms with Gasteiger partial charge in [-0.25, -0.2) is 9.18 Å². The Hall–Kier alpha value is -2.47. The highest BCUT2D eigenvalue weighted by molar-refractivity contribution is 5.76. The van der Waals surface area contributed by atoms with Crippen LogP contribution in [0.3, 0.4) is 0 Å². The van der Waals surface area contributed by atoms with Crippen LogP contribution in [0.5, 0.6) is 0 Å². The summed E-state index contributed by atoms with van der Waals surface area (Å²) in [5.41, 5.74) is 1.07. The number of carbonyl (C=O) groups excluding carboxylic acids is 1. The summed E-state index contributed by atoms with van der Waals surface area (Å²) in [5, 5.41) is 15.5. The van der Waals surface area contributed by atoms with Gasteiger partial charge in [-0.3, -0.25) is 4.98 Å². The molecule has 1 fully saturated rings. The molecule has 1 unspecified atom stereocenters. The molecule has 1 heterocycles. The molecule has 1 saturated carbocycles. The average Bonchev–Trinajstić information content (AvgIpc) is 3.10. The zero-order valence-corrected chi connectivity index (χ0v) is 13.9. The number of rotatable bonds is 5. The molecule has 6 heteroatoms. The van der Waals surface area contributed by atoms with Gasteiger partial charge >= 0.3 is 6.03 Å². The zero-order chi connectivity index (χ0) is 17.7. The van der Waals surface area contributed by atoms with Crippen LogP contribution in [0.2, 0.25) is 0 Å². The molecule has 0 saturated heterocycles. The number of amides is 2. The Morgan fingerprint density at radius 2 is 1.72 bits per heavy atom. The highest BCUT2D eigenvalue weighted by Crippen LogP contribution is 2.29. The molecule has 0 spiro atoms. The van der Waals surface area contributed by atoms with E-state index in [1.54, 1.807) is 24.5 Å². The fourth-order valence-corrected chi connectivity index (χ4v) is 3.35. The first-order valence-corrected chi connectivity index (χ1v) is 8.47. The molecule has 1 aliphatic carbocycles. The number of hydrogen-bond acceptors (Lipinski definition) is 3. The summed E-state index contributed by atoms with van der Waals surface area (Å²) < 4.78 is 13.2. The van der Waals surface area contributed by atoms with Crippen molar-refractivity contribution in [2.24, 2.45) is 0 Å². The van der Waals surface area contributed by atoms with Gasteiger partial charge in [0, 0.05) is 12.4 Å². The van der Waals surface area contributed by atoms with E-state index in [1.165, 1.54) is 12.1 Å². The summed E-state index contributed by atoms with van der Waals surface area (Å²) >= 11 is 0. The van der Waals surface area contributed by atoms with E-state index in [0.717, 1.165) is 36.8 Å². The fraction of sp³-hybridized carbons (Fsp3) is 0.368. The molecule has 3 rings (SSSR count). The van der Waals surface area contributed by atoms with Crippen LogP contribution < -0.4 is 10.6 Å². The van der Waals surface area contributed by atoms with Gasteiger partial charge in [0.25, 0.3) is 0 Å². The molecule has 3 N–H and O–H groups in total. The van der Waals surface area contributed by atoms with E-state index in [9.17, 15) is 14.3 Å². The molecule has 132 valence electrons. The van der Waals surface area contributed by atoms with Crippen molar-refractivity contribution in [1.82, 2.24) is 15.6 Å². The van der Waals surface area contributed by atoms with Gasteiger partial charge in [0.2, 0.25) is 0 Å². The number of urea groups is 1. The van der Waals surface area contributed by atoms with E-state index in [-0.39, 0.29) is 18.5 Å². The second-order valence-electron chi connectivity index (χ2n) is 6.51. The van der Waals surface area contributed by atoms with Gasteiger partial charge in [0.05, 0.1) is 18.2 Å². The van der Waals surface area contributed by atoms with Gasteiger partial charge < -0.3 is 15.7 Å². The summed E-state index contributed by atoms with van der Waals surface area (Å²) in [5.74, 6) is -0.327. The van der Waals surface area contributed by atoms with Crippen molar-refractivity contribution in [3.8, 4) is 0 Å². The van der Waals surface area contributed by atoms with Crippen molar-refractivity contribution >= 4 is 6.03 Å². The number of halogens is 1. The zero-order valence-electron chi connectivity index (χ0n) is 13.9. The summed E-state index contributed by atoms with van der Waals surface area (Å²) in [6.07, 6.45) is 6.83. The minimum Gasteiger partial charge on any atom is -0.394 e. The highest BCUT2D eigenvalue weighted by atomic mass is 19.1. The number of carbonyl (C=O) groups is 1. The van der Waals surface area contributed by atoms with Crippen LogP contribution >= 0.6 is 0 Å². The molecule has 1 atom stereocenters. The predicted octanol–water partition coefficient (Wildman–Crippen LogP) is 2.91. The first-order valence-electron chi connectivity index (χ1n) is 8.47. The van der Waals surface area contributed by atoms with Crippen LogP contribution in [0, 0.1) is 5.82 Å². The number of aliphatic hydroxyl groups excluding tert-OH is 1. The number of nitrogens with zero attached hydrogens (tertiary/aromatic N) is 1. The molecule has 2 aromatic rings. The summed E-state index contributed by atoms with van der Waals surface area (Å²) in [6, 6.07) is 8.89. The van der Waals surface area contributed by atoms with Crippen molar-refractivity contribution < 1.29 is 14.3 Å². The van der Waals surface area contributed by atoms with E-state index < -0.39 is 11.6 Å². The maximum Gasteiger partial charge on any atom is 0.316 e. The number of pyridine rings is 1. The molecule has 1 aliphatic rings. The Kier molecular flexibility index (Phi) is 5.28. The third kappa shape index (κ3) is 4.14. The topological polar surface area (TPSA) is 74.2 Å². The van der Waals surface area contributed by atoms with E-state index in [2.05, 4.69) is 15.6 Å². The van der Waals surface area contributed by atoms with E-state index >= 15 is 0 Å². The largest absolute Gasteiger partial charge is 0.394 e. The van der Waals surface area contributed by atoms with Crippen molar-refractivity contribution in [2.45, 2.75) is 37.3 Å². The van der Waals surface area contributed by atoms with Gasteiger partial charge in [-0.1, -0.05) is 25.0 Å². The second-order valence-corrected chi connectivity index (χ2v) is 6.51. The van der Waals surface area contributed by atoms with E-state index in [0.29, 0.717) is 0 Å². The molecule has 1 aromatic carbocycles. The minimum absolute atomic E-state index is 0.0725. The second kappa shape index (κ2) is 7.61. The normalized spacial score (nSPS) is 17.0. The Balaban J connectivity index is 1.80.